The van der Waals surface area contributed by atoms with Gasteiger partial charge in [0.05, 0.1) is 5.56 Å². The first-order chi connectivity index (χ1) is 8.88. The Morgan fingerprint density at radius 3 is 1.95 bits per heavy atom. The van der Waals surface area contributed by atoms with E-state index in [0.717, 1.165) is 12.4 Å². The largest absolute Gasteiger partial charge is 0.478 e. The Morgan fingerprint density at radius 2 is 1.53 bits per heavy atom. The van der Waals surface area contributed by atoms with Crippen molar-refractivity contribution in [3.8, 4) is 11.1 Å². The summed E-state index contributed by atoms with van der Waals surface area (Å²) in [5, 5.41) is 8.72. The molecule has 0 saturated heterocycles. The number of carboxylic acids is 1. The fourth-order valence-corrected chi connectivity index (χ4v) is 1.43. The average molecular weight is 268 g/mol. The summed E-state index contributed by atoms with van der Waals surface area (Å²) in [6.07, 6.45) is -2.48. The molecular weight excluding hydrogens is 261 g/mol. The maximum absolute atomic E-state index is 12.3. The van der Waals surface area contributed by atoms with E-state index in [1.165, 1.54) is 24.3 Å². The number of alkyl halides is 3. The Kier molecular flexibility index (Phi) is 3.20. The second-order valence-electron chi connectivity index (χ2n) is 3.68. The van der Waals surface area contributed by atoms with Crippen molar-refractivity contribution in [2.75, 3.05) is 0 Å². The van der Waals surface area contributed by atoms with E-state index >= 15 is 0 Å². The Balaban J connectivity index is 2.30. The molecule has 7 heteroatoms. The van der Waals surface area contributed by atoms with Crippen molar-refractivity contribution in [1.29, 1.82) is 0 Å². The molecule has 2 rings (SSSR count). The van der Waals surface area contributed by atoms with Gasteiger partial charge in [-0.15, -0.1) is 0 Å². The number of halogens is 3. The normalized spacial score (nSPS) is 11.3. The summed E-state index contributed by atoms with van der Waals surface area (Å²) < 4.78 is 36.8. The summed E-state index contributed by atoms with van der Waals surface area (Å²) in [5.74, 6) is -2.28. The lowest BCUT2D eigenvalue weighted by atomic mass is 10.1. The number of carbonyl (C=O) groups is 1. The first kappa shape index (κ1) is 13.0. The van der Waals surface area contributed by atoms with Crippen LogP contribution in [0, 0.1) is 0 Å². The third-order valence-electron chi connectivity index (χ3n) is 2.37. The lowest BCUT2D eigenvalue weighted by Gasteiger charge is -2.05. The maximum Gasteiger partial charge on any atom is 0.451 e. The number of benzene rings is 1. The molecule has 98 valence electrons. The van der Waals surface area contributed by atoms with E-state index < -0.39 is 18.0 Å². The van der Waals surface area contributed by atoms with Crippen molar-refractivity contribution in [2.45, 2.75) is 6.18 Å². The van der Waals surface area contributed by atoms with Crippen molar-refractivity contribution >= 4 is 5.97 Å². The molecule has 1 heterocycles. The van der Waals surface area contributed by atoms with Crippen LogP contribution in [0.5, 0.6) is 0 Å². The molecule has 0 spiro atoms. The number of carboxylic acid groups (broad SMARTS) is 1. The summed E-state index contributed by atoms with van der Waals surface area (Å²) in [6, 6.07) is 5.68. The summed E-state index contributed by atoms with van der Waals surface area (Å²) in [5.41, 5.74) is 1.01. The van der Waals surface area contributed by atoms with E-state index in [0.29, 0.717) is 11.1 Å². The first-order valence-electron chi connectivity index (χ1n) is 5.11. The smallest absolute Gasteiger partial charge is 0.451 e. The van der Waals surface area contributed by atoms with Gasteiger partial charge in [0.1, 0.15) is 0 Å². The van der Waals surface area contributed by atoms with Gasteiger partial charge in [0.15, 0.2) is 0 Å². The van der Waals surface area contributed by atoms with Crippen LogP contribution in [0.4, 0.5) is 13.2 Å². The van der Waals surface area contributed by atoms with E-state index in [4.69, 9.17) is 5.11 Å². The molecule has 0 unspecified atom stereocenters. The molecule has 0 aliphatic rings. The highest BCUT2D eigenvalue weighted by molar-refractivity contribution is 5.88. The molecule has 1 aromatic carbocycles. The van der Waals surface area contributed by atoms with E-state index in [1.807, 2.05) is 0 Å². The summed E-state index contributed by atoms with van der Waals surface area (Å²) in [4.78, 5) is 17.1. The summed E-state index contributed by atoms with van der Waals surface area (Å²) >= 11 is 0. The first-order valence-corrected chi connectivity index (χ1v) is 5.11. The van der Waals surface area contributed by atoms with Crippen molar-refractivity contribution in [3.63, 3.8) is 0 Å². The minimum absolute atomic E-state index is 0.0941. The monoisotopic (exact) mass is 268 g/mol. The molecule has 0 aliphatic heterocycles. The van der Waals surface area contributed by atoms with Crippen LogP contribution in [-0.4, -0.2) is 21.0 Å². The molecule has 0 saturated carbocycles. The van der Waals surface area contributed by atoms with Crippen LogP contribution in [-0.2, 0) is 6.18 Å². The number of aromatic nitrogens is 2. The molecule has 0 aliphatic carbocycles. The molecule has 1 aromatic heterocycles. The zero-order chi connectivity index (χ0) is 14.0. The minimum Gasteiger partial charge on any atom is -0.478 e. The molecule has 2 aromatic rings. The molecule has 1 N–H and O–H groups in total. The highest BCUT2D eigenvalue weighted by atomic mass is 19.4. The third kappa shape index (κ3) is 2.87. The van der Waals surface area contributed by atoms with Crippen molar-refractivity contribution < 1.29 is 23.1 Å². The predicted molar refractivity (Wildman–Crippen MR) is 59.4 cm³/mol. The molecule has 0 bridgehead atoms. The zero-order valence-corrected chi connectivity index (χ0v) is 9.35. The summed E-state index contributed by atoms with van der Waals surface area (Å²) in [7, 11) is 0. The molecule has 0 fully saturated rings. The molecular formula is C12H7F3N2O2. The van der Waals surface area contributed by atoms with Crippen LogP contribution in [0.25, 0.3) is 11.1 Å². The molecule has 0 amide bonds. The standard InChI is InChI=1S/C12H7F3N2O2/c13-12(14,15)11-16-5-9(6-17-11)7-1-3-8(4-2-7)10(18)19/h1-6H,(H,18,19). The second kappa shape index (κ2) is 4.68. The molecule has 4 nitrogen and oxygen atoms in total. The van der Waals surface area contributed by atoms with Gasteiger partial charge in [-0.3, -0.25) is 0 Å². The number of hydrogen-bond donors (Lipinski definition) is 1. The molecule has 19 heavy (non-hydrogen) atoms. The highest BCUT2D eigenvalue weighted by Crippen LogP contribution is 2.27. The van der Waals surface area contributed by atoms with Gasteiger partial charge < -0.3 is 5.11 Å². The third-order valence-corrected chi connectivity index (χ3v) is 2.37. The van der Waals surface area contributed by atoms with E-state index in [-0.39, 0.29) is 5.56 Å². The van der Waals surface area contributed by atoms with Gasteiger partial charge in [-0.2, -0.15) is 13.2 Å². The Labute approximate surface area is 105 Å². The van der Waals surface area contributed by atoms with Gasteiger partial charge in [0, 0.05) is 18.0 Å². The maximum atomic E-state index is 12.3. The van der Waals surface area contributed by atoms with Crippen LogP contribution < -0.4 is 0 Å². The predicted octanol–water partition coefficient (Wildman–Crippen LogP) is 2.86. The quantitative estimate of drug-likeness (QED) is 0.909. The fraction of sp³-hybridized carbons (Fsp3) is 0.0833. The lowest BCUT2D eigenvalue weighted by molar-refractivity contribution is -0.144. The number of rotatable bonds is 2. The zero-order valence-electron chi connectivity index (χ0n) is 9.35. The van der Waals surface area contributed by atoms with Gasteiger partial charge in [-0.05, 0) is 17.7 Å². The van der Waals surface area contributed by atoms with E-state index in [9.17, 15) is 18.0 Å². The van der Waals surface area contributed by atoms with Crippen LogP contribution in [0.15, 0.2) is 36.7 Å². The Hall–Kier alpha value is -2.44. The minimum atomic E-state index is -4.58. The lowest BCUT2D eigenvalue weighted by Crippen LogP contribution is -2.10. The van der Waals surface area contributed by atoms with Crippen molar-refractivity contribution in [3.05, 3.63) is 48.0 Å². The Morgan fingerprint density at radius 1 is 1.00 bits per heavy atom. The topological polar surface area (TPSA) is 63.1 Å². The Bertz CT molecular complexity index is 592. The van der Waals surface area contributed by atoms with Crippen molar-refractivity contribution in [2.24, 2.45) is 0 Å². The molecule has 0 radical (unpaired) electrons. The summed E-state index contributed by atoms with van der Waals surface area (Å²) in [6.45, 7) is 0. The van der Waals surface area contributed by atoms with Gasteiger partial charge in [-0.1, -0.05) is 12.1 Å². The fourth-order valence-electron chi connectivity index (χ4n) is 1.43. The second-order valence-corrected chi connectivity index (χ2v) is 3.68. The molecule has 0 atom stereocenters. The van der Waals surface area contributed by atoms with Crippen LogP contribution in [0.3, 0.4) is 0 Å². The van der Waals surface area contributed by atoms with Crippen LogP contribution in [0.2, 0.25) is 0 Å². The van der Waals surface area contributed by atoms with Crippen molar-refractivity contribution in [1.82, 2.24) is 9.97 Å². The van der Waals surface area contributed by atoms with E-state index in [1.54, 1.807) is 0 Å². The van der Waals surface area contributed by atoms with Gasteiger partial charge in [0.2, 0.25) is 5.82 Å². The number of aromatic carboxylic acids is 1. The highest BCUT2D eigenvalue weighted by Gasteiger charge is 2.34. The number of nitrogens with zero attached hydrogens (tertiary/aromatic N) is 2. The van der Waals surface area contributed by atoms with Crippen LogP contribution in [0.1, 0.15) is 16.2 Å². The van der Waals surface area contributed by atoms with Gasteiger partial charge in [0.25, 0.3) is 0 Å². The van der Waals surface area contributed by atoms with Gasteiger partial charge >= 0.3 is 12.1 Å². The van der Waals surface area contributed by atoms with Gasteiger partial charge in [-0.25, -0.2) is 14.8 Å². The van der Waals surface area contributed by atoms with Crippen LogP contribution >= 0.6 is 0 Å². The van der Waals surface area contributed by atoms with E-state index in [2.05, 4.69) is 9.97 Å². The average Bonchev–Trinajstić information content (AvgIpc) is 2.38. The number of hydrogen-bond acceptors (Lipinski definition) is 3. The SMILES string of the molecule is O=C(O)c1ccc(-c2cnc(C(F)(F)F)nc2)cc1.